The molecule has 2 aliphatic rings. The highest BCUT2D eigenvalue weighted by atomic mass is 16.5. The lowest BCUT2D eigenvalue weighted by atomic mass is 9.97. The molecule has 4 heterocycles. The molecule has 10 nitrogen and oxygen atoms in total. The van der Waals surface area contributed by atoms with Crippen molar-refractivity contribution in [1.82, 2.24) is 19.9 Å². The van der Waals surface area contributed by atoms with Gasteiger partial charge in [0.05, 0.1) is 35.3 Å². The van der Waals surface area contributed by atoms with Crippen LogP contribution in [-0.4, -0.2) is 81.8 Å². The maximum absolute atomic E-state index is 13.6. The number of carbonyl (C=O) groups excluding carboxylic acids is 1. The fourth-order valence-corrected chi connectivity index (χ4v) is 5.19. The second-order valence-corrected chi connectivity index (χ2v) is 11.0. The summed E-state index contributed by atoms with van der Waals surface area (Å²) in [5.74, 6) is 0.910. The maximum Gasteiger partial charge on any atom is 0.337 e. The van der Waals surface area contributed by atoms with Gasteiger partial charge in [0.2, 0.25) is 0 Å². The van der Waals surface area contributed by atoms with E-state index in [9.17, 15) is 14.7 Å². The molecule has 4 rings (SSSR count). The maximum atomic E-state index is 13.6. The second-order valence-electron chi connectivity index (χ2n) is 11.0. The molecule has 2 aromatic rings. The molecular weight excluding hydrogens is 472 g/mol. The summed E-state index contributed by atoms with van der Waals surface area (Å²) in [6.45, 7) is 15.6. The van der Waals surface area contributed by atoms with Crippen LogP contribution in [-0.2, 0) is 4.74 Å². The number of carboxylic acids is 1. The van der Waals surface area contributed by atoms with Crippen LogP contribution in [0.5, 0.6) is 0 Å². The van der Waals surface area contributed by atoms with Gasteiger partial charge in [0.1, 0.15) is 17.3 Å². The lowest BCUT2D eigenvalue weighted by Crippen LogP contribution is -2.61. The molecule has 2 saturated heterocycles. The van der Waals surface area contributed by atoms with E-state index >= 15 is 0 Å². The van der Waals surface area contributed by atoms with Crippen molar-refractivity contribution in [2.75, 3.05) is 49.6 Å². The Morgan fingerprint density at radius 2 is 2.00 bits per heavy atom. The molecule has 1 amide bonds. The Kier molecular flexibility index (Phi) is 7.68. The molecule has 0 radical (unpaired) electrons. The van der Waals surface area contributed by atoms with E-state index in [-0.39, 0.29) is 17.4 Å². The number of hydrogen-bond acceptors (Lipinski definition) is 8. The van der Waals surface area contributed by atoms with Crippen LogP contribution in [0.1, 0.15) is 77.8 Å². The minimum atomic E-state index is -0.972. The molecule has 2 N–H and O–H groups in total. The number of nitrogens with one attached hydrogen (secondary N) is 1. The van der Waals surface area contributed by atoms with Gasteiger partial charge in [0.25, 0.3) is 5.91 Å². The Labute approximate surface area is 218 Å². The molecule has 0 spiro atoms. The molecule has 0 aromatic carbocycles. The third-order valence-electron chi connectivity index (χ3n) is 7.22. The molecule has 2 aromatic heterocycles. The number of ether oxygens (including phenoxy) is 1. The topological polar surface area (TPSA) is 121 Å². The van der Waals surface area contributed by atoms with Crippen LogP contribution in [0.4, 0.5) is 11.6 Å². The van der Waals surface area contributed by atoms with Crippen molar-refractivity contribution in [3.8, 4) is 0 Å². The summed E-state index contributed by atoms with van der Waals surface area (Å²) >= 11 is 0. The number of carbonyl (C=O) groups is 2. The highest BCUT2D eigenvalue weighted by molar-refractivity contribution is 5.93. The van der Waals surface area contributed by atoms with Gasteiger partial charge < -0.3 is 25.0 Å². The van der Waals surface area contributed by atoms with Crippen molar-refractivity contribution >= 4 is 23.5 Å². The molecule has 1 atom stereocenters. The Balaban J connectivity index is 1.50. The molecule has 2 aliphatic heterocycles. The quantitative estimate of drug-likeness (QED) is 0.576. The third-order valence-corrected chi connectivity index (χ3v) is 7.22. The van der Waals surface area contributed by atoms with Crippen LogP contribution < -0.4 is 10.2 Å². The first-order valence-corrected chi connectivity index (χ1v) is 12.9. The Hall–Kier alpha value is -3.27. The lowest BCUT2D eigenvalue weighted by Gasteiger charge is -2.47. The van der Waals surface area contributed by atoms with Gasteiger partial charge in [-0.3, -0.25) is 4.79 Å². The van der Waals surface area contributed by atoms with E-state index in [1.807, 2.05) is 24.8 Å². The number of aromatic nitrogens is 3. The van der Waals surface area contributed by atoms with Crippen molar-refractivity contribution < 1.29 is 19.4 Å². The monoisotopic (exact) mass is 510 g/mol. The first-order chi connectivity index (χ1) is 17.5. The van der Waals surface area contributed by atoms with Crippen molar-refractivity contribution in [3.63, 3.8) is 0 Å². The average molecular weight is 511 g/mol. The number of hydrogen-bond donors (Lipinski definition) is 2. The number of pyridine rings is 1. The third kappa shape index (κ3) is 5.69. The van der Waals surface area contributed by atoms with Gasteiger partial charge >= 0.3 is 5.97 Å². The summed E-state index contributed by atoms with van der Waals surface area (Å²) < 4.78 is 5.47. The average Bonchev–Trinajstić information content (AvgIpc) is 3.34. The zero-order valence-corrected chi connectivity index (χ0v) is 22.7. The highest BCUT2D eigenvalue weighted by Crippen LogP contribution is 2.29. The summed E-state index contributed by atoms with van der Waals surface area (Å²) in [5, 5.41) is 12.9. The molecule has 10 heteroatoms. The zero-order chi connectivity index (χ0) is 26.9. The summed E-state index contributed by atoms with van der Waals surface area (Å²) in [4.78, 5) is 43.1. The number of piperazine rings is 1. The summed E-state index contributed by atoms with van der Waals surface area (Å²) in [6.07, 6.45) is 2.61. The van der Waals surface area contributed by atoms with E-state index in [0.717, 1.165) is 43.5 Å². The fraction of sp³-hybridized carbons (Fsp3) is 0.593. The molecule has 200 valence electrons. The first-order valence-electron chi connectivity index (χ1n) is 12.9. The van der Waals surface area contributed by atoms with Crippen molar-refractivity contribution in [2.24, 2.45) is 5.92 Å². The van der Waals surface area contributed by atoms with Gasteiger partial charge in [-0.1, -0.05) is 13.8 Å². The molecule has 0 aliphatic carbocycles. The number of aryl methyl sites for hydroxylation is 2. The molecular formula is C27H38N6O4. The first kappa shape index (κ1) is 26.8. The highest BCUT2D eigenvalue weighted by Gasteiger charge is 2.38. The predicted molar refractivity (Wildman–Crippen MR) is 142 cm³/mol. The Morgan fingerprint density at radius 1 is 1.24 bits per heavy atom. The van der Waals surface area contributed by atoms with Crippen molar-refractivity contribution in [2.45, 2.75) is 59.4 Å². The van der Waals surface area contributed by atoms with E-state index in [1.165, 1.54) is 0 Å². The van der Waals surface area contributed by atoms with Crippen LogP contribution in [0.3, 0.4) is 0 Å². The smallest absolute Gasteiger partial charge is 0.337 e. The van der Waals surface area contributed by atoms with Crippen LogP contribution in [0.2, 0.25) is 0 Å². The van der Waals surface area contributed by atoms with Gasteiger partial charge in [0.15, 0.2) is 0 Å². The summed E-state index contributed by atoms with van der Waals surface area (Å²) in [6, 6.07) is 1.81. The van der Waals surface area contributed by atoms with Crippen LogP contribution in [0.25, 0.3) is 0 Å². The van der Waals surface area contributed by atoms with Crippen LogP contribution >= 0.6 is 0 Å². The number of aromatic carboxylic acids is 1. The molecule has 37 heavy (non-hydrogen) atoms. The van der Waals surface area contributed by atoms with Gasteiger partial charge in [-0.15, -0.1) is 0 Å². The van der Waals surface area contributed by atoms with Gasteiger partial charge in [0, 0.05) is 38.7 Å². The van der Waals surface area contributed by atoms with E-state index in [0.29, 0.717) is 42.5 Å². The van der Waals surface area contributed by atoms with Crippen molar-refractivity contribution in [1.29, 1.82) is 0 Å². The normalized spacial score (nSPS) is 19.4. The minimum absolute atomic E-state index is 0.110. The molecule has 0 unspecified atom stereocenters. The zero-order valence-electron chi connectivity index (χ0n) is 22.7. The lowest BCUT2D eigenvalue weighted by molar-refractivity contribution is 0.0506. The largest absolute Gasteiger partial charge is 0.478 e. The van der Waals surface area contributed by atoms with E-state index < -0.39 is 11.5 Å². The Bertz CT molecular complexity index is 1150. The van der Waals surface area contributed by atoms with Crippen LogP contribution in [0, 0.1) is 19.8 Å². The van der Waals surface area contributed by atoms with E-state index in [1.54, 1.807) is 20.0 Å². The second kappa shape index (κ2) is 10.6. The number of rotatable bonds is 7. The van der Waals surface area contributed by atoms with E-state index in [4.69, 9.17) is 9.72 Å². The summed E-state index contributed by atoms with van der Waals surface area (Å²) in [7, 11) is 0. The number of nitrogens with zero attached hydrogens (tertiary/aromatic N) is 5. The SMILES string of the molecule is Cc1cc(N2CCN(C(=O)c3cnc(NC[C@H]4CCOC4)c(C(C)C)n3)C(C)(C)C2)nc(C)c1C(=O)O. The number of carboxylic acid groups (broad SMARTS) is 1. The molecule has 2 fully saturated rings. The molecule has 0 bridgehead atoms. The van der Waals surface area contributed by atoms with Gasteiger partial charge in [-0.05, 0) is 51.7 Å². The number of amides is 1. The number of anilines is 2. The fourth-order valence-electron chi connectivity index (χ4n) is 5.19. The van der Waals surface area contributed by atoms with E-state index in [2.05, 4.69) is 34.0 Å². The van der Waals surface area contributed by atoms with Gasteiger partial charge in [-0.25, -0.2) is 19.7 Å². The van der Waals surface area contributed by atoms with Crippen molar-refractivity contribution in [3.05, 3.63) is 40.5 Å². The Morgan fingerprint density at radius 3 is 2.59 bits per heavy atom. The standard InChI is InChI=1S/C27H38N6O4/c1-16(2)23-24(28-12-19-7-10-37-14-19)29-13-20(31-23)25(34)33-9-8-32(15-27(33,5)6)21-11-17(3)22(26(35)36)18(4)30-21/h11,13,16,19H,7-10,12,14-15H2,1-6H3,(H,28,29)(H,35,36)/t19-/m1/s1. The summed E-state index contributed by atoms with van der Waals surface area (Å²) in [5.41, 5.74) is 2.04. The van der Waals surface area contributed by atoms with Crippen LogP contribution in [0.15, 0.2) is 12.3 Å². The molecule has 0 saturated carbocycles. The van der Waals surface area contributed by atoms with Gasteiger partial charge in [-0.2, -0.15) is 0 Å². The predicted octanol–water partition coefficient (Wildman–Crippen LogP) is 3.50. The minimum Gasteiger partial charge on any atom is -0.478 e.